The minimum Gasteiger partial charge on any atom is -0.373 e. The first-order valence-corrected chi connectivity index (χ1v) is 9.36. The lowest BCUT2D eigenvalue weighted by Crippen LogP contribution is -2.51. The van der Waals surface area contributed by atoms with Crippen molar-refractivity contribution >= 4 is 17.7 Å². The molecule has 5 nitrogen and oxygen atoms in total. The van der Waals surface area contributed by atoms with Gasteiger partial charge >= 0.3 is 0 Å². The molecule has 0 spiro atoms. The molecular weight excluding hydrogens is 296 g/mol. The molecule has 2 saturated heterocycles. The second kappa shape index (κ2) is 7.88. The Morgan fingerprint density at radius 1 is 1.32 bits per heavy atom. The van der Waals surface area contributed by atoms with E-state index in [1.165, 1.54) is 18.6 Å². The first-order valence-electron chi connectivity index (χ1n) is 8.37. The van der Waals surface area contributed by atoms with Crippen molar-refractivity contribution in [1.82, 2.24) is 15.5 Å². The number of guanidine groups is 1. The molecule has 0 amide bonds. The molecule has 0 bridgehead atoms. The van der Waals surface area contributed by atoms with Gasteiger partial charge in [-0.1, -0.05) is 0 Å². The van der Waals surface area contributed by atoms with E-state index in [1.54, 1.807) is 0 Å². The van der Waals surface area contributed by atoms with Crippen LogP contribution >= 0.6 is 11.8 Å². The summed E-state index contributed by atoms with van der Waals surface area (Å²) < 4.78 is 6.12. The van der Waals surface area contributed by atoms with E-state index in [4.69, 9.17) is 4.74 Å². The molecule has 0 saturated carbocycles. The predicted octanol–water partition coefficient (Wildman–Crippen LogP) is 1.55. The average Bonchev–Trinajstić information content (AvgIpc) is 2.89. The van der Waals surface area contributed by atoms with Crippen LogP contribution in [-0.4, -0.2) is 73.3 Å². The van der Waals surface area contributed by atoms with Gasteiger partial charge in [0, 0.05) is 44.5 Å². The maximum Gasteiger partial charge on any atom is 0.191 e. The molecule has 0 aromatic rings. The minimum absolute atomic E-state index is 0.0214. The molecule has 1 atom stereocenters. The van der Waals surface area contributed by atoms with Gasteiger partial charge in [-0.05, 0) is 39.4 Å². The number of hydrogen-bond donors (Lipinski definition) is 2. The van der Waals surface area contributed by atoms with E-state index in [-0.39, 0.29) is 5.60 Å². The van der Waals surface area contributed by atoms with Crippen LogP contribution in [0.2, 0.25) is 0 Å². The Balaban J connectivity index is 1.66. The molecule has 2 rings (SSSR count). The lowest BCUT2D eigenvalue weighted by molar-refractivity contribution is -0.0852. The van der Waals surface area contributed by atoms with Crippen LogP contribution in [0.1, 0.15) is 33.6 Å². The summed E-state index contributed by atoms with van der Waals surface area (Å²) in [5, 5.41) is 6.91. The van der Waals surface area contributed by atoms with Crippen molar-refractivity contribution in [3.63, 3.8) is 0 Å². The third kappa shape index (κ3) is 5.63. The number of morpholine rings is 1. The quantitative estimate of drug-likeness (QED) is 0.592. The van der Waals surface area contributed by atoms with E-state index < -0.39 is 0 Å². The van der Waals surface area contributed by atoms with E-state index in [0.29, 0.717) is 4.75 Å². The molecule has 22 heavy (non-hydrogen) atoms. The lowest BCUT2D eigenvalue weighted by Gasteiger charge is -2.38. The highest BCUT2D eigenvalue weighted by molar-refractivity contribution is 8.00. The number of rotatable bonds is 5. The van der Waals surface area contributed by atoms with Crippen molar-refractivity contribution in [2.45, 2.75) is 44.0 Å². The van der Waals surface area contributed by atoms with Crippen molar-refractivity contribution < 1.29 is 4.74 Å². The van der Waals surface area contributed by atoms with Crippen LogP contribution in [0.15, 0.2) is 4.99 Å². The fraction of sp³-hybridized carbons (Fsp3) is 0.938. The number of hydrogen-bond acceptors (Lipinski definition) is 4. The number of ether oxygens (including phenoxy) is 1. The summed E-state index contributed by atoms with van der Waals surface area (Å²) in [5.41, 5.74) is -0.0214. The molecule has 2 fully saturated rings. The van der Waals surface area contributed by atoms with Crippen molar-refractivity contribution in [3.05, 3.63) is 0 Å². The summed E-state index contributed by atoms with van der Waals surface area (Å²) in [6, 6.07) is 0. The van der Waals surface area contributed by atoms with Crippen LogP contribution in [-0.2, 0) is 4.74 Å². The smallest absolute Gasteiger partial charge is 0.191 e. The highest BCUT2D eigenvalue weighted by Crippen LogP contribution is 2.36. The Hall–Kier alpha value is -0.460. The zero-order valence-electron chi connectivity index (χ0n) is 14.6. The first-order chi connectivity index (χ1) is 10.4. The normalized spacial score (nSPS) is 29.5. The number of aliphatic imine (C=N–C) groups is 1. The molecule has 2 heterocycles. The predicted molar refractivity (Wildman–Crippen MR) is 95.9 cm³/mol. The summed E-state index contributed by atoms with van der Waals surface area (Å²) >= 11 is 2.08. The van der Waals surface area contributed by atoms with Gasteiger partial charge in [0.15, 0.2) is 5.96 Å². The van der Waals surface area contributed by atoms with Gasteiger partial charge in [0.2, 0.25) is 0 Å². The van der Waals surface area contributed by atoms with Gasteiger partial charge in [0.25, 0.3) is 0 Å². The summed E-state index contributed by atoms with van der Waals surface area (Å²) in [6.07, 6.45) is 2.63. The van der Waals surface area contributed by atoms with E-state index in [1.807, 2.05) is 7.05 Å². The summed E-state index contributed by atoms with van der Waals surface area (Å²) in [4.78, 5) is 6.79. The average molecular weight is 329 g/mol. The third-order valence-electron chi connectivity index (χ3n) is 4.38. The fourth-order valence-corrected chi connectivity index (χ4v) is 4.35. The maximum atomic E-state index is 5.75. The van der Waals surface area contributed by atoms with Gasteiger partial charge in [-0.25, -0.2) is 0 Å². The van der Waals surface area contributed by atoms with Gasteiger partial charge in [-0.2, -0.15) is 11.8 Å². The van der Waals surface area contributed by atoms with Crippen molar-refractivity contribution in [2.75, 3.05) is 52.1 Å². The minimum atomic E-state index is -0.0214. The molecule has 128 valence electrons. The van der Waals surface area contributed by atoms with E-state index in [9.17, 15) is 0 Å². The number of thioether (sulfide) groups is 1. The molecule has 2 N–H and O–H groups in total. The van der Waals surface area contributed by atoms with Crippen LogP contribution in [0.4, 0.5) is 0 Å². The number of nitrogens with one attached hydrogen (secondary N) is 2. The molecule has 0 radical (unpaired) electrons. The van der Waals surface area contributed by atoms with Crippen LogP contribution in [0.5, 0.6) is 0 Å². The molecule has 0 aromatic heterocycles. The van der Waals surface area contributed by atoms with Gasteiger partial charge in [0.05, 0.1) is 12.2 Å². The van der Waals surface area contributed by atoms with Gasteiger partial charge in [-0.3, -0.25) is 9.89 Å². The zero-order valence-corrected chi connectivity index (χ0v) is 15.4. The van der Waals surface area contributed by atoms with Crippen molar-refractivity contribution in [2.24, 2.45) is 4.99 Å². The van der Waals surface area contributed by atoms with Crippen LogP contribution in [0, 0.1) is 0 Å². The Morgan fingerprint density at radius 3 is 2.77 bits per heavy atom. The fourth-order valence-electron chi connectivity index (χ4n) is 3.11. The highest BCUT2D eigenvalue weighted by atomic mass is 32.2. The topological polar surface area (TPSA) is 48.9 Å². The maximum absolute atomic E-state index is 5.75. The lowest BCUT2D eigenvalue weighted by atomic mass is 10.1. The van der Waals surface area contributed by atoms with Crippen molar-refractivity contribution in [3.8, 4) is 0 Å². The van der Waals surface area contributed by atoms with Crippen LogP contribution in [0.25, 0.3) is 0 Å². The monoisotopic (exact) mass is 328 g/mol. The van der Waals surface area contributed by atoms with E-state index in [2.05, 4.69) is 53.1 Å². The standard InChI is InChI=1S/C16H32N4OS/c1-15(2)13-20(9-10-21-15)8-7-18-14(17-4)19-12-16(3)6-5-11-22-16/h5-13H2,1-4H3,(H2,17,18,19). The van der Waals surface area contributed by atoms with Crippen molar-refractivity contribution in [1.29, 1.82) is 0 Å². The van der Waals surface area contributed by atoms with Crippen LogP contribution in [0.3, 0.4) is 0 Å². The molecule has 1 unspecified atom stereocenters. The summed E-state index contributed by atoms with van der Waals surface area (Å²) in [7, 11) is 1.84. The molecular formula is C16H32N4OS. The van der Waals surface area contributed by atoms with E-state index in [0.717, 1.165) is 45.3 Å². The van der Waals surface area contributed by atoms with E-state index >= 15 is 0 Å². The Bertz CT molecular complexity index is 380. The van der Waals surface area contributed by atoms with Gasteiger partial charge < -0.3 is 15.4 Å². The Kier molecular flexibility index (Phi) is 6.41. The molecule has 2 aliphatic rings. The Labute approximate surface area is 139 Å². The SMILES string of the molecule is CN=C(NCCN1CCOC(C)(C)C1)NCC1(C)CCCS1. The molecule has 0 aromatic carbocycles. The third-order valence-corrected chi connectivity index (χ3v) is 5.92. The van der Waals surface area contributed by atoms with Crippen LogP contribution < -0.4 is 10.6 Å². The number of nitrogens with zero attached hydrogens (tertiary/aromatic N) is 2. The Morgan fingerprint density at radius 2 is 2.14 bits per heavy atom. The second-order valence-corrected chi connectivity index (χ2v) is 8.82. The summed E-state index contributed by atoms with van der Waals surface area (Å²) in [6.45, 7) is 12.4. The van der Waals surface area contributed by atoms with Gasteiger partial charge in [-0.15, -0.1) is 0 Å². The molecule has 0 aliphatic carbocycles. The summed E-state index contributed by atoms with van der Waals surface area (Å²) in [5.74, 6) is 2.21. The highest BCUT2D eigenvalue weighted by Gasteiger charge is 2.29. The largest absolute Gasteiger partial charge is 0.373 e. The first kappa shape index (κ1) is 17.9. The molecule has 6 heteroatoms. The van der Waals surface area contributed by atoms with Gasteiger partial charge in [0.1, 0.15) is 0 Å². The zero-order chi connectivity index (χ0) is 16.1. The molecule has 2 aliphatic heterocycles. The second-order valence-electron chi connectivity index (χ2n) is 7.14.